The molecule has 0 fully saturated rings. The fourth-order valence-corrected chi connectivity index (χ4v) is 2.58. The van der Waals surface area contributed by atoms with E-state index in [4.69, 9.17) is 5.73 Å². The van der Waals surface area contributed by atoms with E-state index in [1.54, 1.807) is 0 Å². The zero-order chi connectivity index (χ0) is 11.8. The molecule has 2 aromatic carbocycles. The average Bonchev–Trinajstić information content (AvgIpc) is 2.72. The Kier molecular flexibility index (Phi) is 2.49. The van der Waals surface area contributed by atoms with Crippen LogP contribution in [-0.2, 0) is 6.42 Å². The maximum atomic E-state index is 6.05. The van der Waals surface area contributed by atoms with Crippen LogP contribution >= 0.6 is 0 Å². The lowest BCUT2D eigenvalue weighted by Crippen LogP contribution is -2.04. The highest BCUT2D eigenvalue weighted by Gasteiger charge is 2.18. The molecule has 0 saturated carbocycles. The molecule has 0 amide bonds. The zero-order valence-corrected chi connectivity index (χ0v) is 10.1. The topological polar surface area (TPSA) is 26.0 Å². The summed E-state index contributed by atoms with van der Waals surface area (Å²) in [5, 5.41) is 0. The third-order valence-corrected chi connectivity index (χ3v) is 3.65. The van der Waals surface area contributed by atoms with Crippen LogP contribution < -0.4 is 5.73 Å². The second-order valence-electron chi connectivity index (χ2n) is 4.92. The molecule has 1 atom stereocenters. The highest BCUT2D eigenvalue weighted by atomic mass is 14.6. The second kappa shape index (κ2) is 4.01. The van der Waals surface area contributed by atoms with E-state index >= 15 is 0 Å². The molecule has 0 radical (unpaired) electrons. The second-order valence-corrected chi connectivity index (χ2v) is 4.92. The molecule has 1 heteroatoms. The van der Waals surface area contributed by atoms with E-state index in [0.29, 0.717) is 0 Å². The van der Waals surface area contributed by atoms with E-state index < -0.39 is 0 Å². The number of fused-ring (bicyclic) bond motifs is 1. The van der Waals surface area contributed by atoms with Crippen LogP contribution in [0.5, 0.6) is 0 Å². The molecule has 0 aliphatic heterocycles. The van der Waals surface area contributed by atoms with Gasteiger partial charge in [-0.2, -0.15) is 0 Å². The summed E-state index contributed by atoms with van der Waals surface area (Å²) in [6.07, 6.45) is 2.21. The Balaban J connectivity index is 2.02. The fraction of sp³-hybridized carbons (Fsp3) is 0.250. The molecule has 0 aromatic heterocycles. The minimum absolute atomic E-state index is 0.247. The van der Waals surface area contributed by atoms with Gasteiger partial charge in [0.2, 0.25) is 0 Å². The van der Waals surface area contributed by atoms with Crippen LogP contribution in [0.4, 0.5) is 0 Å². The monoisotopic (exact) mass is 223 g/mol. The van der Waals surface area contributed by atoms with E-state index in [1.165, 1.54) is 27.8 Å². The molecule has 2 N–H and O–H groups in total. The summed E-state index contributed by atoms with van der Waals surface area (Å²) in [7, 11) is 0. The minimum atomic E-state index is 0.247. The molecule has 1 nitrogen and oxygen atoms in total. The van der Waals surface area contributed by atoms with Crippen molar-refractivity contribution in [3.8, 4) is 11.1 Å². The van der Waals surface area contributed by atoms with Crippen molar-refractivity contribution < 1.29 is 0 Å². The first-order chi connectivity index (χ1) is 8.24. The third kappa shape index (κ3) is 1.87. The van der Waals surface area contributed by atoms with Gasteiger partial charge >= 0.3 is 0 Å². The third-order valence-electron chi connectivity index (χ3n) is 3.65. The standard InChI is InChI=1S/C16H17N/c1-11-2-4-12(5-3-11)13-6-8-15-14(10-13)7-9-16(15)17/h2-6,8,10,16H,7,9,17H2,1H3. The van der Waals surface area contributed by atoms with Crippen molar-refractivity contribution in [2.45, 2.75) is 25.8 Å². The molecule has 0 bridgehead atoms. The molecule has 86 valence electrons. The van der Waals surface area contributed by atoms with Crippen LogP contribution in [0.2, 0.25) is 0 Å². The lowest BCUT2D eigenvalue weighted by Gasteiger charge is -2.07. The first-order valence-electron chi connectivity index (χ1n) is 6.19. The number of hydrogen-bond acceptors (Lipinski definition) is 1. The lowest BCUT2D eigenvalue weighted by atomic mass is 9.99. The van der Waals surface area contributed by atoms with Gasteiger partial charge in [-0.3, -0.25) is 0 Å². The lowest BCUT2D eigenvalue weighted by molar-refractivity contribution is 0.713. The molecule has 1 unspecified atom stereocenters. The first kappa shape index (κ1) is 10.5. The number of benzene rings is 2. The van der Waals surface area contributed by atoms with Crippen LogP contribution in [0, 0.1) is 6.92 Å². The Labute approximate surface area is 102 Å². The molecule has 0 saturated heterocycles. The Morgan fingerprint density at radius 1 is 1.00 bits per heavy atom. The summed E-state index contributed by atoms with van der Waals surface area (Å²) in [5.74, 6) is 0. The van der Waals surface area contributed by atoms with Crippen molar-refractivity contribution in [2.24, 2.45) is 5.73 Å². The maximum Gasteiger partial charge on any atom is 0.0300 e. The first-order valence-corrected chi connectivity index (χ1v) is 6.19. The Morgan fingerprint density at radius 3 is 2.47 bits per heavy atom. The van der Waals surface area contributed by atoms with Gasteiger partial charge in [0.1, 0.15) is 0 Å². The summed E-state index contributed by atoms with van der Waals surface area (Å²) in [6.45, 7) is 2.12. The minimum Gasteiger partial charge on any atom is -0.324 e. The quantitative estimate of drug-likeness (QED) is 0.785. The molecule has 3 rings (SSSR count). The molecule has 17 heavy (non-hydrogen) atoms. The molecular formula is C16H17N. The van der Waals surface area contributed by atoms with Gasteiger partial charge in [0.15, 0.2) is 0 Å². The van der Waals surface area contributed by atoms with Gasteiger partial charge in [0.05, 0.1) is 0 Å². The Bertz CT molecular complexity index is 540. The van der Waals surface area contributed by atoms with Gasteiger partial charge in [0, 0.05) is 6.04 Å². The number of rotatable bonds is 1. The average molecular weight is 223 g/mol. The van der Waals surface area contributed by atoms with Crippen molar-refractivity contribution >= 4 is 0 Å². The van der Waals surface area contributed by atoms with Crippen molar-refractivity contribution in [1.82, 2.24) is 0 Å². The normalized spacial score (nSPS) is 18.1. The predicted octanol–water partition coefficient (Wildman–Crippen LogP) is 3.61. The molecule has 2 aromatic rings. The van der Waals surface area contributed by atoms with Crippen molar-refractivity contribution in [3.05, 3.63) is 59.2 Å². The molecule has 1 aliphatic rings. The van der Waals surface area contributed by atoms with Crippen molar-refractivity contribution in [2.75, 3.05) is 0 Å². The van der Waals surface area contributed by atoms with Gasteiger partial charge in [-0.05, 0) is 42.0 Å². The van der Waals surface area contributed by atoms with Gasteiger partial charge in [-0.15, -0.1) is 0 Å². The van der Waals surface area contributed by atoms with Crippen LogP contribution in [0.15, 0.2) is 42.5 Å². The van der Waals surface area contributed by atoms with Gasteiger partial charge in [0.25, 0.3) is 0 Å². The molecular weight excluding hydrogens is 206 g/mol. The smallest absolute Gasteiger partial charge is 0.0300 e. The largest absolute Gasteiger partial charge is 0.324 e. The Hall–Kier alpha value is -1.60. The highest BCUT2D eigenvalue weighted by Crippen LogP contribution is 2.32. The van der Waals surface area contributed by atoms with E-state index in [9.17, 15) is 0 Å². The SMILES string of the molecule is Cc1ccc(-c2ccc3c(c2)CCC3N)cc1. The highest BCUT2D eigenvalue weighted by molar-refractivity contribution is 5.65. The predicted molar refractivity (Wildman–Crippen MR) is 71.9 cm³/mol. The van der Waals surface area contributed by atoms with E-state index in [2.05, 4.69) is 49.4 Å². The van der Waals surface area contributed by atoms with Gasteiger partial charge in [-0.1, -0.05) is 48.0 Å². The summed E-state index contributed by atoms with van der Waals surface area (Å²) < 4.78 is 0. The number of hydrogen-bond donors (Lipinski definition) is 1. The van der Waals surface area contributed by atoms with Gasteiger partial charge in [-0.25, -0.2) is 0 Å². The van der Waals surface area contributed by atoms with Crippen LogP contribution in [0.3, 0.4) is 0 Å². The number of aryl methyl sites for hydroxylation is 2. The maximum absolute atomic E-state index is 6.05. The number of nitrogens with two attached hydrogens (primary N) is 1. The van der Waals surface area contributed by atoms with E-state index in [0.717, 1.165) is 12.8 Å². The zero-order valence-electron chi connectivity index (χ0n) is 10.1. The summed E-state index contributed by atoms with van der Waals surface area (Å²) in [5.41, 5.74) is 12.7. The fourth-order valence-electron chi connectivity index (χ4n) is 2.58. The van der Waals surface area contributed by atoms with Crippen molar-refractivity contribution in [1.29, 1.82) is 0 Å². The van der Waals surface area contributed by atoms with Gasteiger partial charge < -0.3 is 5.73 Å². The van der Waals surface area contributed by atoms with E-state index in [1.807, 2.05) is 0 Å². The van der Waals surface area contributed by atoms with Crippen molar-refractivity contribution in [3.63, 3.8) is 0 Å². The summed E-state index contributed by atoms with van der Waals surface area (Å²) >= 11 is 0. The summed E-state index contributed by atoms with van der Waals surface area (Å²) in [6, 6.07) is 15.6. The van der Waals surface area contributed by atoms with Crippen LogP contribution in [0.25, 0.3) is 11.1 Å². The van der Waals surface area contributed by atoms with Crippen LogP contribution in [-0.4, -0.2) is 0 Å². The molecule has 0 spiro atoms. The molecule has 1 aliphatic carbocycles. The van der Waals surface area contributed by atoms with E-state index in [-0.39, 0.29) is 6.04 Å². The molecule has 0 heterocycles. The van der Waals surface area contributed by atoms with Crippen LogP contribution in [0.1, 0.15) is 29.2 Å². The Morgan fingerprint density at radius 2 is 1.71 bits per heavy atom. The summed E-state index contributed by atoms with van der Waals surface area (Å²) in [4.78, 5) is 0.